The number of benzene rings is 1. The molecule has 2 N–H and O–H groups in total. The average Bonchev–Trinajstić information content (AvgIpc) is 2.32. The monoisotopic (exact) mass is 259 g/mol. The summed E-state index contributed by atoms with van der Waals surface area (Å²) in [5, 5.41) is 0. The molecule has 0 aliphatic rings. The van der Waals surface area contributed by atoms with Gasteiger partial charge < -0.3 is 5.73 Å². The highest BCUT2D eigenvalue weighted by Gasteiger charge is 2.16. The maximum absolute atomic E-state index is 14.2. The summed E-state index contributed by atoms with van der Waals surface area (Å²) < 4.78 is 14.2. The van der Waals surface area contributed by atoms with Crippen molar-refractivity contribution in [2.45, 2.75) is 34.1 Å². The van der Waals surface area contributed by atoms with E-state index in [9.17, 15) is 4.39 Å². The van der Waals surface area contributed by atoms with Gasteiger partial charge in [0.2, 0.25) is 0 Å². The van der Waals surface area contributed by atoms with Crippen molar-refractivity contribution < 1.29 is 4.39 Å². The minimum Gasteiger partial charge on any atom is -0.383 e. The molecule has 0 amide bonds. The Labute approximate surface area is 112 Å². The Kier molecular flexibility index (Phi) is 3.51. The first-order chi connectivity index (χ1) is 8.93. The zero-order chi connectivity index (χ0) is 14.2. The second-order valence-electron chi connectivity index (χ2n) is 4.79. The van der Waals surface area contributed by atoms with Crippen LogP contribution in [-0.2, 0) is 6.42 Å². The lowest BCUT2D eigenvalue weighted by Crippen LogP contribution is -2.06. The van der Waals surface area contributed by atoms with Crippen LogP contribution >= 0.6 is 0 Å². The van der Waals surface area contributed by atoms with Crippen LogP contribution in [0.15, 0.2) is 12.1 Å². The molecule has 100 valence electrons. The zero-order valence-corrected chi connectivity index (χ0v) is 11.7. The number of nitrogens with two attached hydrogens (primary N) is 1. The van der Waals surface area contributed by atoms with E-state index in [4.69, 9.17) is 5.73 Å². The summed E-state index contributed by atoms with van der Waals surface area (Å²) in [5.74, 6) is 0.791. The molecule has 2 aromatic rings. The molecule has 1 aromatic carbocycles. The zero-order valence-electron chi connectivity index (χ0n) is 11.7. The lowest BCUT2D eigenvalue weighted by Gasteiger charge is -2.13. The van der Waals surface area contributed by atoms with Gasteiger partial charge in [0.05, 0.1) is 5.69 Å². The fourth-order valence-corrected chi connectivity index (χ4v) is 2.20. The average molecular weight is 259 g/mol. The van der Waals surface area contributed by atoms with E-state index in [0.717, 1.165) is 16.7 Å². The van der Waals surface area contributed by atoms with Crippen LogP contribution in [0.1, 0.15) is 29.4 Å². The van der Waals surface area contributed by atoms with E-state index in [1.165, 1.54) is 6.07 Å². The summed E-state index contributed by atoms with van der Waals surface area (Å²) in [6, 6.07) is 3.47. The van der Waals surface area contributed by atoms with Crippen molar-refractivity contribution in [1.29, 1.82) is 0 Å². The number of nitrogen functional groups attached to an aromatic ring is 1. The van der Waals surface area contributed by atoms with Crippen LogP contribution in [0, 0.1) is 26.6 Å². The molecule has 0 radical (unpaired) electrons. The predicted molar refractivity (Wildman–Crippen MR) is 75.4 cm³/mol. The van der Waals surface area contributed by atoms with E-state index in [2.05, 4.69) is 9.97 Å². The quantitative estimate of drug-likeness (QED) is 0.899. The highest BCUT2D eigenvalue weighted by Crippen LogP contribution is 2.30. The molecule has 0 aliphatic heterocycles. The van der Waals surface area contributed by atoms with Gasteiger partial charge in [-0.1, -0.05) is 13.0 Å². The van der Waals surface area contributed by atoms with E-state index in [1.807, 2.05) is 33.8 Å². The summed E-state index contributed by atoms with van der Waals surface area (Å²) in [5.41, 5.74) is 9.49. The van der Waals surface area contributed by atoms with Gasteiger partial charge in [0.15, 0.2) is 0 Å². The summed E-state index contributed by atoms with van der Waals surface area (Å²) in [4.78, 5) is 8.64. The largest absolute Gasteiger partial charge is 0.383 e. The molecule has 0 saturated heterocycles. The second-order valence-corrected chi connectivity index (χ2v) is 4.79. The van der Waals surface area contributed by atoms with Gasteiger partial charge in [-0.25, -0.2) is 14.4 Å². The van der Waals surface area contributed by atoms with E-state index < -0.39 is 0 Å². The van der Waals surface area contributed by atoms with Gasteiger partial charge >= 0.3 is 0 Å². The number of hydrogen-bond donors (Lipinski definition) is 1. The smallest absolute Gasteiger partial charge is 0.133 e. The lowest BCUT2D eigenvalue weighted by atomic mass is 9.99. The summed E-state index contributed by atoms with van der Waals surface area (Å²) in [6.07, 6.45) is 0.671. The van der Waals surface area contributed by atoms with E-state index in [1.54, 1.807) is 0 Å². The van der Waals surface area contributed by atoms with Crippen LogP contribution in [-0.4, -0.2) is 9.97 Å². The predicted octanol–water partition coefficient (Wildman–Crippen LogP) is 3.35. The van der Waals surface area contributed by atoms with Gasteiger partial charge in [-0.3, -0.25) is 0 Å². The second kappa shape index (κ2) is 4.96. The summed E-state index contributed by atoms with van der Waals surface area (Å²) in [7, 11) is 0. The van der Waals surface area contributed by atoms with Crippen molar-refractivity contribution in [3.8, 4) is 11.3 Å². The third-order valence-corrected chi connectivity index (χ3v) is 3.21. The number of anilines is 1. The van der Waals surface area contributed by atoms with Gasteiger partial charge in [-0.2, -0.15) is 0 Å². The molecule has 0 atom stereocenters. The Morgan fingerprint density at radius 3 is 2.42 bits per heavy atom. The van der Waals surface area contributed by atoms with Crippen LogP contribution in [0.2, 0.25) is 0 Å². The highest BCUT2D eigenvalue weighted by atomic mass is 19.1. The van der Waals surface area contributed by atoms with Crippen molar-refractivity contribution in [2.24, 2.45) is 0 Å². The van der Waals surface area contributed by atoms with Crippen molar-refractivity contribution in [1.82, 2.24) is 9.97 Å². The Morgan fingerprint density at radius 1 is 1.16 bits per heavy atom. The Hall–Kier alpha value is -1.97. The molecule has 19 heavy (non-hydrogen) atoms. The molecule has 0 unspecified atom stereocenters. The van der Waals surface area contributed by atoms with Crippen LogP contribution in [0.4, 0.5) is 10.2 Å². The van der Waals surface area contributed by atoms with Crippen molar-refractivity contribution in [2.75, 3.05) is 5.73 Å². The number of aromatic nitrogens is 2. The van der Waals surface area contributed by atoms with Crippen molar-refractivity contribution in [3.05, 3.63) is 40.5 Å². The number of nitrogens with zero attached hydrogens (tertiary/aromatic N) is 2. The van der Waals surface area contributed by atoms with Gasteiger partial charge in [0, 0.05) is 17.5 Å². The summed E-state index contributed by atoms with van der Waals surface area (Å²) in [6.45, 7) is 7.53. The fraction of sp³-hybridized carbons (Fsp3) is 0.333. The number of halogens is 1. The molecule has 0 spiro atoms. The molecule has 4 heteroatoms. The molecular weight excluding hydrogens is 241 g/mol. The van der Waals surface area contributed by atoms with E-state index in [0.29, 0.717) is 29.3 Å². The highest BCUT2D eigenvalue weighted by molar-refractivity contribution is 5.71. The van der Waals surface area contributed by atoms with E-state index >= 15 is 0 Å². The molecule has 2 rings (SSSR count). The fourth-order valence-electron chi connectivity index (χ4n) is 2.20. The number of rotatable bonds is 2. The van der Waals surface area contributed by atoms with Crippen molar-refractivity contribution >= 4 is 5.82 Å². The molecular formula is C15H18FN3. The lowest BCUT2D eigenvalue weighted by molar-refractivity contribution is 0.628. The first kappa shape index (κ1) is 13.5. The van der Waals surface area contributed by atoms with Crippen molar-refractivity contribution in [3.63, 3.8) is 0 Å². The molecule has 1 aromatic heterocycles. The molecule has 0 aliphatic carbocycles. The number of aryl methyl sites for hydroxylation is 3. The third-order valence-electron chi connectivity index (χ3n) is 3.21. The normalized spacial score (nSPS) is 10.8. The van der Waals surface area contributed by atoms with Gasteiger partial charge in [-0.05, 0) is 38.0 Å². The molecule has 0 bridgehead atoms. The standard InChI is InChI=1S/C15H18FN3/c1-5-12-18-14(10(4)15(17)19-12)13-9(3)6-8(2)7-11(13)16/h6-7H,5H2,1-4H3,(H2,17,18,19). The van der Waals surface area contributed by atoms with Gasteiger partial charge in [-0.15, -0.1) is 0 Å². The van der Waals surface area contributed by atoms with Gasteiger partial charge in [0.1, 0.15) is 17.5 Å². The first-order valence-electron chi connectivity index (χ1n) is 6.34. The third kappa shape index (κ3) is 2.43. The van der Waals surface area contributed by atoms with Crippen LogP contribution < -0.4 is 5.73 Å². The van der Waals surface area contributed by atoms with Crippen LogP contribution in [0.3, 0.4) is 0 Å². The number of hydrogen-bond acceptors (Lipinski definition) is 3. The minimum atomic E-state index is -0.263. The molecule has 3 nitrogen and oxygen atoms in total. The van der Waals surface area contributed by atoms with Gasteiger partial charge in [0.25, 0.3) is 0 Å². The van der Waals surface area contributed by atoms with Crippen LogP contribution in [0.25, 0.3) is 11.3 Å². The minimum absolute atomic E-state index is 0.263. The maximum atomic E-state index is 14.2. The van der Waals surface area contributed by atoms with E-state index in [-0.39, 0.29) is 5.82 Å². The maximum Gasteiger partial charge on any atom is 0.133 e. The topological polar surface area (TPSA) is 51.8 Å². The SMILES string of the molecule is CCc1nc(N)c(C)c(-c2c(C)cc(C)cc2F)n1. The summed E-state index contributed by atoms with van der Waals surface area (Å²) >= 11 is 0. The Balaban J connectivity index is 2.75. The molecule has 0 saturated carbocycles. The Morgan fingerprint density at radius 2 is 1.84 bits per heavy atom. The molecule has 1 heterocycles. The first-order valence-corrected chi connectivity index (χ1v) is 6.34. The Bertz CT molecular complexity index is 613. The van der Waals surface area contributed by atoms with Crippen LogP contribution in [0.5, 0.6) is 0 Å². The molecule has 0 fully saturated rings.